The first-order valence-electron chi connectivity index (χ1n) is 9.02. The number of benzene rings is 3. The first kappa shape index (κ1) is 19.7. The lowest BCUT2D eigenvalue weighted by Crippen LogP contribution is -2.32. The Hall–Kier alpha value is -3.04. The van der Waals surface area contributed by atoms with Crippen molar-refractivity contribution >= 4 is 14.0 Å². The van der Waals surface area contributed by atoms with Crippen molar-refractivity contribution in [1.29, 1.82) is 0 Å². The van der Waals surface area contributed by atoms with Crippen LogP contribution in [0.1, 0.15) is 12.0 Å². The van der Waals surface area contributed by atoms with E-state index < -0.39 is 13.4 Å². The second kappa shape index (κ2) is 9.77. The molecule has 0 bridgehead atoms. The average Bonchev–Trinajstić information content (AvgIpc) is 2.73. The maximum absolute atomic E-state index is 13.8. The summed E-state index contributed by atoms with van der Waals surface area (Å²) in [5.74, 6) is 0.0315. The summed E-state index contributed by atoms with van der Waals surface area (Å²) in [6.07, 6.45) is 1.55. The van der Waals surface area contributed by atoms with E-state index in [1.165, 1.54) is 0 Å². The summed E-state index contributed by atoms with van der Waals surface area (Å²) in [4.78, 5) is 11.2. The van der Waals surface area contributed by atoms with Crippen LogP contribution in [0.15, 0.2) is 91.0 Å². The quantitative estimate of drug-likeness (QED) is 0.386. The molecule has 0 spiro atoms. The topological polar surface area (TPSA) is 64.6 Å². The summed E-state index contributed by atoms with van der Waals surface area (Å²) < 4.78 is 25.4. The SMILES string of the molecule is O=CNC(CCc1ccccc1)P(=O)(Oc1ccccc1)Oc1ccccc1. The number of rotatable bonds is 10. The Bertz CT molecular complexity index is 858. The van der Waals surface area contributed by atoms with Gasteiger partial charge in [-0.2, -0.15) is 0 Å². The number of aryl methyl sites for hydroxylation is 1. The molecule has 0 saturated heterocycles. The minimum absolute atomic E-state index is 0.402. The first-order valence-corrected chi connectivity index (χ1v) is 10.6. The predicted octanol–water partition coefficient (Wildman–Crippen LogP) is 5.04. The molecule has 0 aliphatic carbocycles. The van der Waals surface area contributed by atoms with Crippen LogP contribution in [0.25, 0.3) is 0 Å². The Labute approximate surface area is 164 Å². The third-order valence-corrected chi connectivity index (χ3v) is 6.24. The molecule has 3 aromatic rings. The van der Waals surface area contributed by atoms with E-state index in [0.29, 0.717) is 30.8 Å². The van der Waals surface area contributed by atoms with Crippen LogP contribution in [0.3, 0.4) is 0 Å². The smallest absolute Gasteiger partial charge is 0.415 e. The van der Waals surface area contributed by atoms with E-state index in [9.17, 15) is 9.36 Å². The molecule has 0 saturated carbocycles. The molecule has 0 aromatic heterocycles. The Kier molecular flexibility index (Phi) is 6.88. The maximum atomic E-state index is 13.8. The van der Waals surface area contributed by atoms with Gasteiger partial charge < -0.3 is 14.4 Å². The van der Waals surface area contributed by atoms with E-state index in [4.69, 9.17) is 9.05 Å². The lowest BCUT2D eigenvalue weighted by Gasteiger charge is -2.27. The number of hydrogen-bond acceptors (Lipinski definition) is 4. The molecule has 28 heavy (non-hydrogen) atoms. The predicted molar refractivity (Wildman–Crippen MR) is 109 cm³/mol. The summed E-state index contributed by atoms with van der Waals surface area (Å²) >= 11 is 0. The standard InChI is InChI=1S/C22H22NO4P/c24-18-23-22(17-16-19-10-4-1-5-11-19)28(25,26-20-12-6-2-7-13-20)27-21-14-8-3-9-15-21/h1-15,18,22H,16-17H2,(H,23,24). The van der Waals surface area contributed by atoms with Crippen molar-refractivity contribution in [2.45, 2.75) is 18.6 Å². The van der Waals surface area contributed by atoms with Crippen molar-refractivity contribution in [2.75, 3.05) is 0 Å². The van der Waals surface area contributed by atoms with Gasteiger partial charge in [0.05, 0.1) is 0 Å². The van der Waals surface area contributed by atoms with Crippen LogP contribution >= 0.6 is 7.60 Å². The highest BCUT2D eigenvalue weighted by Crippen LogP contribution is 2.53. The van der Waals surface area contributed by atoms with Crippen molar-refractivity contribution in [3.63, 3.8) is 0 Å². The van der Waals surface area contributed by atoms with Gasteiger partial charge in [0.1, 0.15) is 11.5 Å². The molecule has 1 atom stereocenters. The third-order valence-electron chi connectivity index (χ3n) is 4.14. The fourth-order valence-electron chi connectivity index (χ4n) is 2.76. The second-order valence-corrected chi connectivity index (χ2v) is 8.24. The van der Waals surface area contributed by atoms with Gasteiger partial charge in [0, 0.05) is 0 Å². The maximum Gasteiger partial charge on any atom is 0.452 e. The van der Waals surface area contributed by atoms with E-state index >= 15 is 0 Å². The Balaban J connectivity index is 1.86. The Morgan fingerprint density at radius 3 is 1.71 bits per heavy atom. The van der Waals surface area contributed by atoms with E-state index in [-0.39, 0.29) is 0 Å². The van der Waals surface area contributed by atoms with Crippen LogP contribution in [0, 0.1) is 0 Å². The van der Waals surface area contributed by atoms with Gasteiger partial charge in [0.2, 0.25) is 6.41 Å². The Morgan fingerprint density at radius 1 is 0.786 bits per heavy atom. The lowest BCUT2D eigenvalue weighted by molar-refractivity contribution is -0.109. The molecular formula is C22H22NO4P. The molecule has 0 aliphatic heterocycles. The van der Waals surface area contributed by atoms with E-state index in [1.807, 2.05) is 42.5 Å². The summed E-state index contributed by atoms with van der Waals surface area (Å²) in [5, 5.41) is 2.64. The fraction of sp³-hybridized carbons (Fsp3) is 0.136. The number of hydrogen-bond donors (Lipinski definition) is 1. The molecule has 0 fully saturated rings. The molecule has 3 rings (SSSR count). The van der Waals surface area contributed by atoms with Crippen LogP contribution < -0.4 is 14.4 Å². The van der Waals surface area contributed by atoms with Crippen molar-refractivity contribution < 1.29 is 18.4 Å². The van der Waals surface area contributed by atoms with Crippen LogP contribution in [0.4, 0.5) is 0 Å². The molecule has 3 aromatic carbocycles. The van der Waals surface area contributed by atoms with Crippen molar-refractivity contribution in [2.24, 2.45) is 0 Å². The molecule has 6 heteroatoms. The molecule has 1 unspecified atom stereocenters. The first-order chi connectivity index (χ1) is 13.7. The molecule has 0 radical (unpaired) electrons. The van der Waals surface area contributed by atoms with Crippen LogP contribution in [0.2, 0.25) is 0 Å². The monoisotopic (exact) mass is 395 g/mol. The van der Waals surface area contributed by atoms with Gasteiger partial charge in [-0.05, 0) is 42.7 Å². The zero-order chi connectivity index (χ0) is 19.7. The lowest BCUT2D eigenvalue weighted by atomic mass is 10.1. The average molecular weight is 395 g/mol. The summed E-state index contributed by atoms with van der Waals surface area (Å²) in [5.41, 5.74) is 1.08. The van der Waals surface area contributed by atoms with Crippen molar-refractivity contribution in [3.05, 3.63) is 96.6 Å². The van der Waals surface area contributed by atoms with E-state index in [2.05, 4.69) is 5.32 Å². The number of carbonyl (C=O) groups excluding carboxylic acids is 1. The second-order valence-electron chi connectivity index (χ2n) is 6.17. The molecular weight excluding hydrogens is 373 g/mol. The molecule has 0 heterocycles. The molecule has 1 amide bonds. The van der Waals surface area contributed by atoms with Gasteiger partial charge in [-0.15, -0.1) is 0 Å². The molecule has 0 aliphatic rings. The summed E-state index contributed by atoms with van der Waals surface area (Å²) in [7, 11) is -3.77. The summed E-state index contributed by atoms with van der Waals surface area (Å²) in [6, 6.07) is 27.4. The van der Waals surface area contributed by atoms with Gasteiger partial charge in [-0.3, -0.25) is 4.79 Å². The van der Waals surface area contributed by atoms with Crippen LogP contribution in [-0.4, -0.2) is 12.2 Å². The molecule has 1 N–H and O–H groups in total. The third kappa shape index (κ3) is 5.48. The van der Waals surface area contributed by atoms with E-state index in [1.54, 1.807) is 48.5 Å². The number of carbonyl (C=O) groups is 1. The highest BCUT2D eigenvalue weighted by Gasteiger charge is 2.39. The summed E-state index contributed by atoms with van der Waals surface area (Å²) in [6.45, 7) is 0. The van der Waals surface area contributed by atoms with Gasteiger partial charge in [0.25, 0.3) is 0 Å². The van der Waals surface area contributed by atoms with E-state index in [0.717, 1.165) is 5.56 Å². The molecule has 5 nitrogen and oxygen atoms in total. The van der Waals surface area contributed by atoms with Crippen LogP contribution in [0.5, 0.6) is 11.5 Å². The molecule has 144 valence electrons. The van der Waals surface area contributed by atoms with Gasteiger partial charge in [-0.25, -0.2) is 4.57 Å². The minimum Gasteiger partial charge on any atom is -0.415 e. The normalized spacial score (nSPS) is 12.0. The van der Waals surface area contributed by atoms with Crippen LogP contribution in [-0.2, 0) is 15.8 Å². The zero-order valence-corrected chi connectivity index (χ0v) is 16.2. The van der Waals surface area contributed by atoms with Gasteiger partial charge >= 0.3 is 7.60 Å². The number of para-hydroxylation sites is 2. The van der Waals surface area contributed by atoms with Gasteiger partial charge in [0.15, 0.2) is 5.78 Å². The zero-order valence-electron chi connectivity index (χ0n) is 15.3. The van der Waals surface area contributed by atoms with Crippen molar-refractivity contribution in [3.8, 4) is 11.5 Å². The largest absolute Gasteiger partial charge is 0.452 e. The minimum atomic E-state index is -3.77. The fourth-order valence-corrected chi connectivity index (χ4v) is 4.57. The number of amides is 1. The Morgan fingerprint density at radius 2 is 1.25 bits per heavy atom. The highest BCUT2D eigenvalue weighted by molar-refractivity contribution is 7.55. The highest BCUT2D eigenvalue weighted by atomic mass is 31.2. The number of nitrogens with one attached hydrogen (secondary N) is 1. The van der Waals surface area contributed by atoms with Gasteiger partial charge in [-0.1, -0.05) is 66.7 Å². The van der Waals surface area contributed by atoms with Crippen molar-refractivity contribution in [1.82, 2.24) is 5.32 Å².